The molecule has 2 heterocycles. The number of thiazole rings is 1. The predicted octanol–water partition coefficient (Wildman–Crippen LogP) is 2.90. The van der Waals surface area contributed by atoms with E-state index >= 15 is 0 Å². The van der Waals surface area contributed by atoms with E-state index in [1.807, 2.05) is 30.3 Å². The first kappa shape index (κ1) is 19.2. The van der Waals surface area contributed by atoms with Gasteiger partial charge in [0.25, 0.3) is 0 Å². The third kappa shape index (κ3) is 4.38. The van der Waals surface area contributed by atoms with E-state index in [9.17, 15) is 13.2 Å². The number of hydrogen-bond acceptors (Lipinski definition) is 6. The zero-order valence-corrected chi connectivity index (χ0v) is 16.3. The van der Waals surface area contributed by atoms with Gasteiger partial charge >= 0.3 is 0 Å². The molecule has 0 fully saturated rings. The van der Waals surface area contributed by atoms with Crippen molar-refractivity contribution in [3.05, 3.63) is 59.4 Å². The van der Waals surface area contributed by atoms with Crippen LogP contribution < -0.4 is 10.5 Å². The van der Waals surface area contributed by atoms with Crippen LogP contribution in [0.15, 0.2) is 52.9 Å². The summed E-state index contributed by atoms with van der Waals surface area (Å²) < 4.78 is 23.1. The molecule has 140 valence electrons. The molecule has 0 saturated carbocycles. The number of anilines is 1. The summed E-state index contributed by atoms with van der Waals surface area (Å²) in [5.74, 6) is -0.894. The van der Waals surface area contributed by atoms with Crippen molar-refractivity contribution in [2.24, 2.45) is 5.14 Å². The molecule has 1 unspecified atom stereocenters. The van der Waals surface area contributed by atoms with Gasteiger partial charge in [-0.2, -0.15) is 0 Å². The van der Waals surface area contributed by atoms with Crippen LogP contribution in [-0.4, -0.2) is 24.3 Å². The molecule has 2 aromatic heterocycles. The molecule has 1 atom stereocenters. The van der Waals surface area contributed by atoms with Crippen molar-refractivity contribution >= 4 is 33.0 Å². The Morgan fingerprint density at radius 2 is 1.89 bits per heavy atom. The van der Waals surface area contributed by atoms with Gasteiger partial charge in [0.1, 0.15) is 5.01 Å². The van der Waals surface area contributed by atoms with Crippen molar-refractivity contribution in [1.29, 1.82) is 0 Å². The lowest BCUT2D eigenvalue weighted by Crippen LogP contribution is -2.18. The Labute approximate surface area is 161 Å². The van der Waals surface area contributed by atoms with Crippen molar-refractivity contribution in [3.8, 4) is 11.3 Å². The van der Waals surface area contributed by atoms with Crippen LogP contribution in [0.5, 0.6) is 0 Å². The van der Waals surface area contributed by atoms with Crippen molar-refractivity contribution in [1.82, 2.24) is 9.97 Å². The third-order valence-electron chi connectivity index (χ3n) is 3.91. The Balaban J connectivity index is 1.73. The maximum absolute atomic E-state index is 12.5. The molecular weight excluding hydrogens is 384 g/mol. The molecule has 1 aromatic carbocycles. The van der Waals surface area contributed by atoms with E-state index in [4.69, 9.17) is 5.14 Å². The number of benzene rings is 1. The van der Waals surface area contributed by atoms with Crippen molar-refractivity contribution in [3.63, 3.8) is 0 Å². The molecular formula is C18H18N4O3S2. The number of aromatic nitrogens is 2. The van der Waals surface area contributed by atoms with Gasteiger partial charge in [0, 0.05) is 17.4 Å². The molecule has 3 rings (SSSR count). The van der Waals surface area contributed by atoms with E-state index < -0.39 is 15.9 Å². The number of rotatable bonds is 5. The van der Waals surface area contributed by atoms with Gasteiger partial charge in [-0.3, -0.25) is 9.78 Å². The van der Waals surface area contributed by atoms with Crippen LogP contribution >= 0.6 is 11.3 Å². The van der Waals surface area contributed by atoms with Crippen LogP contribution in [0.1, 0.15) is 23.5 Å². The summed E-state index contributed by atoms with van der Waals surface area (Å²) in [6.07, 6.45) is 1.72. The SMILES string of the molecule is Cc1nc(C(C)C(=O)Nc2ccc(-c3ccccn3)cc2)sc1S(N)(=O)=O. The largest absolute Gasteiger partial charge is 0.325 e. The third-order valence-corrected chi connectivity index (χ3v) is 6.80. The summed E-state index contributed by atoms with van der Waals surface area (Å²) in [5, 5.41) is 8.38. The molecule has 27 heavy (non-hydrogen) atoms. The van der Waals surface area contributed by atoms with Gasteiger partial charge in [-0.1, -0.05) is 18.2 Å². The number of carbonyl (C=O) groups excluding carboxylic acids is 1. The van der Waals surface area contributed by atoms with E-state index in [-0.39, 0.29) is 10.1 Å². The van der Waals surface area contributed by atoms with E-state index in [0.29, 0.717) is 16.4 Å². The lowest BCUT2D eigenvalue weighted by atomic mass is 10.1. The summed E-state index contributed by atoms with van der Waals surface area (Å²) in [5.41, 5.74) is 2.72. The normalized spacial score (nSPS) is 12.6. The monoisotopic (exact) mass is 402 g/mol. The highest BCUT2D eigenvalue weighted by atomic mass is 32.2. The number of primary sulfonamides is 1. The first-order valence-corrected chi connectivity index (χ1v) is 10.4. The molecule has 0 saturated heterocycles. The van der Waals surface area contributed by atoms with Gasteiger partial charge in [0.05, 0.1) is 17.3 Å². The number of pyridine rings is 1. The second kappa shape index (κ2) is 7.55. The molecule has 0 radical (unpaired) electrons. The van der Waals surface area contributed by atoms with Crippen LogP contribution in [-0.2, 0) is 14.8 Å². The Bertz CT molecular complexity index is 1060. The highest BCUT2D eigenvalue weighted by Gasteiger charge is 2.24. The smallest absolute Gasteiger partial charge is 0.249 e. The molecule has 3 N–H and O–H groups in total. The van der Waals surface area contributed by atoms with Crippen molar-refractivity contribution in [2.45, 2.75) is 24.0 Å². The maximum atomic E-state index is 12.5. The average Bonchev–Trinajstić information content (AvgIpc) is 3.04. The Morgan fingerprint density at radius 3 is 2.44 bits per heavy atom. The highest BCUT2D eigenvalue weighted by molar-refractivity contribution is 7.91. The van der Waals surface area contributed by atoms with Crippen molar-refractivity contribution < 1.29 is 13.2 Å². The predicted molar refractivity (Wildman–Crippen MR) is 105 cm³/mol. The maximum Gasteiger partial charge on any atom is 0.249 e. The molecule has 0 spiro atoms. The van der Waals surface area contributed by atoms with E-state index in [1.165, 1.54) is 0 Å². The fourth-order valence-electron chi connectivity index (χ4n) is 2.47. The number of nitrogens with two attached hydrogens (primary N) is 1. The number of sulfonamides is 1. The minimum Gasteiger partial charge on any atom is -0.325 e. The van der Waals surface area contributed by atoms with E-state index in [1.54, 1.807) is 32.2 Å². The van der Waals surface area contributed by atoms with Gasteiger partial charge in [0.2, 0.25) is 15.9 Å². The van der Waals surface area contributed by atoms with E-state index in [0.717, 1.165) is 22.6 Å². The minimum absolute atomic E-state index is 0.0168. The summed E-state index contributed by atoms with van der Waals surface area (Å²) >= 11 is 0.920. The summed E-state index contributed by atoms with van der Waals surface area (Å²) in [6, 6.07) is 13.0. The number of nitrogens with zero attached hydrogens (tertiary/aromatic N) is 2. The molecule has 1 amide bonds. The fraction of sp³-hybridized carbons (Fsp3) is 0.167. The van der Waals surface area contributed by atoms with Gasteiger partial charge < -0.3 is 5.32 Å². The van der Waals surface area contributed by atoms with E-state index in [2.05, 4.69) is 15.3 Å². The van der Waals surface area contributed by atoms with Crippen LogP contribution in [0.2, 0.25) is 0 Å². The first-order chi connectivity index (χ1) is 12.8. The molecule has 0 aliphatic carbocycles. The van der Waals surface area contributed by atoms with Gasteiger partial charge in [-0.25, -0.2) is 18.5 Å². The number of nitrogens with one attached hydrogen (secondary N) is 1. The first-order valence-electron chi connectivity index (χ1n) is 8.08. The molecule has 7 nitrogen and oxygen atoms in total. The zero-order valence-electron chi connectivity index (χ0n) is 14.7. The number of amides is 1. The van der Waals surface area contributed by atoms with Crippen molar-refractivity contribution in [2.75, 3.05) is 5.32 Å². The number of hydrogen-bond donors (Lipinski definition) is 2. The molecule has 0 aliphatic heterocycles. The molecule has 9 heteroatoms. The summed E-state index contributed by atoms with van der Waals surface area (Å²) in [4.78, 5) is 21.0. The lowest BCUT2D eigenvalue weighted by molar-refractivity contribution is -0.117. The van der Waals surface area contributed by atoms with Gasteiger partial charge in [0.15, 0.2) is 4.21 Å². The average molecular weight is 403 g/mol. The van der Waals surface area contributed by atoms with Gasteiger partial charge in [-0.15, -0.1) is 11.3 Å². The van der Waals surface area contributed by atoms with Crippen LogP contribution in [0.4, 0.5) is 5.69 Å². The van der Waals surface area contributed by atoms with Crippen LogP contribution in [0.25, 0.3) is 11.3 Å². The summed E-state index contributed by atoms with van der Waals surface area (Å²) in [6.45, 7) is 3.23. The summed E-state index contributed by atoms with van der Waals surface area (Å²) in [7, 11) is -3.84. The fourth-order valence-corrected chi connectivity index (χ4v) is 4.50. The molecule has 3 aromatic rings. The molecule has 0 aliphatic rings. The minimum atomic E-state index is -3.84. The lowest BCUT2D eigenvalue weighted by Gasteiger charge is -2.10. The number of aryl methyl sites for hydroxylation is 1. The van der Waals surface area contributed by atoms with Crippen LogP contribution in [0.3, 0.4) is 0 Å². The second-order valence-corrected chi connectivity index (χ2v) is 8.76. The molecule has 0 bridgehead atoms. The standard InChI is InChI=1S/C18H18N4O3S2/c1-11(17-21-12(2)18(26-17)27(19,24)25)16(23)22-14-8-6-13(7-9-14)15-5-3-4-10-20-15/h3-11H,1-2H3,(H,22,23)(H2,19,24,25). The Kier molecular flexibility index (Phi) is 5.36. The number of carbonyl (C=O) groups is 1. The topological polar surface area (TPSA) is 115 Å². The van der Waals surface area contributed by atoms with Gasteiger partial charge in [-0.05, 0) is 38.1 Å². The zero-order chi connectivity index (χ0) is 19.6. The highest BCUT2D eigenvalue weighted by Crippen LogP contribution is 2.28. The quantitative estimate of drug-likeness (QED) is 0.681. The van der Waals surface area contributed by atoms with Crippen LogP contribution in [0, 0.1) is 6.92 Å². The second-order valence-electron chi connectivity index (χ2n) is 5.97. The Morgan fingerprint density at radius 1 is 1.19 bits per heavy atom. The Hall–Kier alpha value is -2.62.